The van der Waals surface area contributed by atoms with Crippen molar-refractivity contribution < 1.29 is 5.11 Å². The van der Waals surface area contributed by atoms with Crippen LogP contribution in [0.3, 0.4) is 0 Å². The Bertz CT molecular complexity index is 635. The molecule has 0 aliphatic heterocycles. The second-order valence-electron chi connectivity index (χ2n) is 3.86. The van der Waals surface area contributed by atoms with Crippen LogP contribution < -0.4 is 5.56 Å². The van der Waals surface area contributed by atoms with E-state index < -0.39 is 0 Å². The number of rotatable bonds is 1. The van der Waals surface area contributed by atoms with E-state index >= 15 is 0 Å². The van der Waals surface area contributed by atoms with Crippen molar-refractivity contribution in [1.29, 1.82) is 0 Å². The Balaban J connectivity index is 2.76. The van der Waals surface area contributed by atoms with Gasteiger partial charge < -0.3 is 5.11 Å². The van der Waals surface area contributed by atoms with Crippen LogP contribution in [0.2, 0.25) is 5.02 Å². The molecule has 0 atom stereocenters. The van der Waals surface area contributed by atoms with Gasteiger partial charge in [-0.05, 0) is 31.0 Å². The van der Waals surface area contributed by atoms with E-state index in [1.807, 2.05) is 6.92 Å². The Hall–Kier alpha value is -1.81. The maximum Gasteiger partial charge on any atom is 0.264 e. The summed E-state index contributed by atoms with van der Waals surface area (Å²) >= 11 is 6.13. The average molecular weight is 251 g/mol. The SMILES string of the molecule is Cc1cc(O)c(-c2cn[nH]c(=O)c2)c(C)c1Cl. The molecule has 0 radical (unpaired) electrons. The number of aromatic hydroxyl groups is 1. The number of benzene rings is 1. The van der Waals surface area contributed by atoms with E-state index in [1.54, 1.807) is 13.0 Å². The van der Waals surface area contributed by atoms with Gasteiger partial charge in [0.1, 0.15) is 5.75 Å². The van der Waals surface area contributed by atoms with E-state index in [-0.39, 0.29) is 11.3 Å². The molecule has 1 heterocycles. The lowest BCUT2D eigenvalue weighted by Gasteiger charge is -2.11. The van der Waals surface area contributed by atoms with Crippen LogP contribution >= 0.6 is 11.6 Å². The predicted octanol–water partition coefficient (Wildman–Crippen LogP) is 2.41. The van der Waals surface area contributed by atoms with E-state index in [1.165, 1.54) is 12.3 Å². The molecular weight excluding hydrogens is 240 g/mol. The molecule has 0 spiro atoms. The second-order valence-corrected chi connectivity index (χ2v) is 4.24. The van der Waals surface area contributed by atoms with Crippen LogP contribution in [0, 0.1) is 13.8 Å². The lowest BCUT2D eigenvalue weighted by molar-refractivity contribution is 0.476. The molecule has 0 saturated carbocycles. The number of aryl methyl sites for hydroxylation is 1. The second kappa shape index (κ2) is 4.22. The van der Waals surface area contributed by atoms with Crippen LogP contribution in [0.25, 0.3) is 11.1 Å². The number of H-pyrrole nitrogens is 1. The third kappa shape index (κ3) is 2.03. The number of phenolic OH excluding ortho intramolecular Hbond substituents is 1. The number of halogens is 1. The maximum atomic E-state index is 11.2. The summed E-state index contributed by atoms with van der Waals surface area (Å²) in [6, 6.07) is 2.95. The lowest BCUT2D eigenvalue weighted by Crippen LogP contribution is -2.06. The molecule has 2 N–H and O–H groups in total. The fourth-order valence-corrected chi connectivity index (χ4v) is 1.96. The number of hydrogen-bond acceptors (Lipinski definition) is 3. The molecule has 2 aromatic rings. The molecule has 5 heteroatoms. The van der Waals surface area contributed by atoms with Gasteiger partial charge >= 0.3 is 0 Å². The van der Waals surface area contributed by atoms with Gasteiger partial charge in [0.2, 0.25) is 0 Å². The molecule has 0 aliphatic carbocycles. The molecule has 0 bridgehead atoms. The average Bonchev–Trinajstić information content (AvgIpc) is 2.26. The summed E-state index contributed by atoms with van der Waals surface area (Å²) in [5.41, 5.74) is 2.29. The highest BCUT2D eigenvalue weighted by atomic mass is 35.5. The van der Waals surface area contributed by atoms with Gasteiger partial charge in [0.25, 0.3) is 5.56 Å². The van der Waals surface area contributed by atoms with Gasteiger partial charge in [-0.25, -0.2) is 5.10 Å². The fraction of sp³-hybridized carbons (Fsp3) is 0.167. The number of aromatic amines is 1. The predicted molar refractivity (Wildman–Crippen MR) is 66.4 cm³/mol. The van der Waals surface area contributed by atoms with Crippen LogP contribution in [0.15, 0.2) is 23.1 Å². The zero-order chi connectivity index (χ0) is 12.6. The van der Waals surface area contributed by atoms with Gasteiger partial charge in [-0.3, -0.25) is 4.79 Å². The minimum absolute atomic E-state index is 0.0943. The maximum absolute atomic E-state index is 11.2. The smallest absolute Gasteiger partial charge is 0.264 e. The number of hydrogen-bond donors (Lipinski definition) is 2. The highest BCUT2D eigenvalue weighted by Gasteiger charge is 2.13. The van der Waals surface area contributed by atoms with Crippen molar-refractivity contribution in [2.75, 3.05) is 0 Å². The summed E-state index contributed by atoms with van der Waals surface area (Å²) in [6.07, 6.45) is 1.48. The van der Waals surface area contributed by atoms with Gasteiger partial charge in [0, 0.05) is 22.2 Å². The molecule has 1 aromatic heterocycles. The van der Waals surface area contributed by atoms with Crippen LogP contribution in [0.5, 0.6) is 5.75 Å². The molecule has 2 rings (SSSR count). The molecule has 4 nitrogen and oxygen atoms in total. The normalized spacial score (nSPS) is 10.5. The Labute approximate surface area is 103 Å². The van der Waals surface area contributed by atoms with Crippen molar-refractivity contribution in [3.8, 4) is 16.9 Å². The first-order valence-corrected chi connectivity index (χ1v) is 5.42. The Morgan fingerprint density at radius 3 is 2.71 bits per heavy atom. The number of phenols is 1. The molecule has 0 amide bonds. The first-order valence-electron chi connectivity index (χ1n) is 5.04. The van der Waals surface area contributed by atoms with Crippen LogP contribution in [-0.4, -0.2) is 15.3 Å². The van der Waals surface area contributed by atoms with E-state index in [9.17, 15) is 9.90 Å². The summed E-state index contributed by atoms with van der Waals surface area (Å²) in [4.78, 5) is 11.2. The highest BCUT2D eigenvalue weighted by molar-refractivity contribution is 6.32. The number of nitrogens with zero attached hydrogens (tertiary/aromatic N) is 1. The Morgan fingerprint density at radius 1 is 1.35 bits per heavy atom. The minimum Gasteiger partial charge on any atom is -0.507 e. The Kier molecular flexibility index (Phi) is 2.90. The first kappa shape index (κ1) is 11.7. The van der Waals surface area contributed by atoms with Gasteiger partial charge in [0.05, 0.1) is 6.20 Å². The molecule has 1 aromatic carbocycles. The molecule has 17 heavy (non-hydrogen) atoms. The molecule has 0 aliphatic rings. The van der Waals surface area contributed by atoms with Crippen molar-refractivity contribution in [2.24, 2.45) is 0 Å². The number of nitrogens with one attached hydrogen (secondary N) is 1. The summed E-state index contributed by atoms with van der Waals surface area (Å²) in [5.74, 6) is 0.0943. The zero-order valence-electron chi connectivity index (χ0n) is 9.41. The topological polar surface area (TPSA) is 66.0 Å². The molecule has 0 saturated heterocycles. The molecule has 0 fully saturated rings. The largest absolute Gasteiger partial charge is 0.507 e. The van der Waals surface area contributed by atoms with Gasteiger partial charge in [-0.1, -0.05) is 11.6 Å². The van der Waals surface area contributed by atoms with Crippen molar-refractivity contribution in [3.63, 3.8) is 0 Å². The summed E-state index contributed by atoms with van der Waals surface area (Å²) < 4.78 is 0. The van der Waals surface area contributed by atoms with Gasteiger partial charge in [0.15, 0.2) is 0 Å². The molecule has 0 unspecified atom stereocenters. The summed E-state index contributed by atoms with van der Waals surface area (Å²) in [7, 11) is 0. The van der Waals surface area contributed by atoms with Crippen molar-refractivity contribution in [1.82, 2.24) is 10.2 Å². The standard InChI is InChI=1S/C12H11ClN2O2/c1-6-3-9(16)11(7(2)12(6)13)8-4-10(17)15-14-5-8/h3-5,16H,1-2H3,(H,15,17). The van der Waals surface area contributed by atoms with Crippen LogP contribution in [-0.2, 0) is 0 Å². The minimum atomic E-state index is -0.321. The third-order valence-electron chi connectivity index (χ3n) is 2.61. The monoisotopic (exact) mass is 250 g/mol. The van der Waals surface area contributed by atoms with Crippen molar-refractivity contribution >= 4 is 11.6 Å². The number of aromatic nitrogens is 2. The molecule has 88 valence electrons. The van der Waals surface area contributed by atoms with Gasteiger partial charge in [-0.2, -0.15) is 5.10 Å². The van der Waals surface area contributed by atoms with E-state index in [2.05, 4.69) is 10.2 Å². The van der Waals surface area contributed by atoms with E-state index in [4.69, 9.17) is 11.6 Å². The Morgan fingerprint density at radius 2 is 2.06 bits per heavy atom. The highest BCUT2D eigenvalue weighted by Crippen LogP contribution is 2.37. The quantitative estimate of drug-likeness (QED) is 0.817. The third-order valence-corrected chi connectivity index (χ3v) is 3.20. The zero-order valence-corrected chi connectivity index (χ0v) is 10.2. The summed E-state index contributed by atoms with van der Waals surface area (Å²) in [6.45, 7) is 3.61. The molecular formula is C12H11ClN2O2. The summed E-state index contributed by atoms with van der Waals surface area (Å²) in [5, 5.41) is 16.5. The first-order chi connectivity index (χ1) is 8.00. The van der Waals surface area contributed by atoms with E-state index in [0.29, 0.717) is 16.1 Å². The van der Waals surface area contributed by atoms with Crippen LogP contribution in [0.4, 0.5) is 0 Å². The van der Waals surface area contributed by atoms with Crippen molar-refractivity contribution in [2.45, 2.75) is 13.8 Å². The lowest BCUT2D eigenvalue weighted by atomic mass is 9.99. The van der Waals surface area contributed by atoms with Crippen molar-refractivity contribution in [3.05, 3.63) is 44.8 Å². The van der Waals surface area contributed by atoms with Gasteiger partial charge in [-0.15, -0.1) is 0 Å². The van der Waals surface area contributed by atoms with E-state index in [0.717, 1.165) is 11.1 Å². The fourth-order valence-electron chi connectivity index (χ4n) is 1.82. The van der Waals surface area contributed by atoms with Crippen LogP contribution in [0.1, 0.15) is 11.1 Å².